The predicted molar refractivity (Wildman–Crippen MR) is 64.0 cm³/mol. The van der Waals surface area contributed by atoms with E-state index in [-0.39, 0.29) is 16.2 Å². The van der Waals surface area contributed by atoms with Gasteiger partial charge in [0.25, 0.3) is 0 Å². The molecule has 0 aliphatic heterocycles. The van der Waals surface area contributed by atoms with Crippen LogP contribution < -0.4 is 5.32 Å². The summed E-state index contributed by atoms with van der Waals surface area (Å²) in [4.78, 5) is 11.4. The first-order chi connectivity index (χ1) is 7.43. The lowest BCUT2D eigenvalue weighted by molar-refractivity contribution is 0.000578. The lowest BCUT2D eigenvalue weighted by atomic mass is 10.1. The minimum absolute atomic E-state index is 0.0664. The smallest absolute Gasteiger partial charge is 0.228 e. The molecule has 5 nitrogen and oxygen atoms in total. The molecule has 1 aromatic rings. The number of anilines is 1. The van der Waals surface area contributed by atoms with Crippen LogP contribution >= 0.6 is 23.2 Å². The Morgan fingerprint density at radius 2 is 1.75 bits per heavy atom. The second-order valence-corrected chi connectivity index (χ2v) is 4.42. The van der Waals surface area contributed by atoms with E-state index in [0.29, 0.717) is 19.1 Å². The Balaban J connectivity index is 2.60. The van der Waals surface area contributed by atoms with E-state index in [1.54, 1.807) is 0 Å². The zero-order valence-electron chi connectivity index (χ0n) is 9.42. The van der Waals surface area contributed by atoms with Gasteiger partial charge in [0, 0.05) is 13.2 Å². The van der Waals surface area contributed by atoms with Crippen LogP contribution in [0.1, 0.15) is 20.8 Å². The largest absolute Gasteiger partial charge is 0.374 e. The normalized spacial score (nSPS) is 11.6. The minimum Gasteiger partial charge on any atom is -0.374 e. The Morgan fingerprint density at radius 3 is 2.25 bits per heavy atom. The Hall–Kier alpha value is -0.650. The van der Waals surface area contributed by atoms with Crippen LogP contribution in [0.4, 0.5) is 5.95 Å². The molecule has 0 bridgehead atoms. The van der Waals surface area contributed by atoms with E-state index in [9.17, 15) is 0 Å². The molecule has 0 aliphatic rings. The van der Waals surface area contributed by atoms with Gasteiger partial charge in [0.15, 0.2) is 0 Å². The van der Waals surface area contributed by atoms with Gasteiger partial charge in [-0.15, -0.1) is 0 Å². The van der Waals surface area contributed by atoms with E-state index in [2.05, 4.69) is 20.3 Å². The lowest BCUT2D eigenvalue weighted by Gasteiger charge is -2.24. The monoisotopic (exact) mass is 264 g/mol. The van der Waals surface area contributed by atoms with Crippen molar-refractivity contribution in [1.29, 1.82) is 0 Å². The quantitative estimate of drug-likeness (QED) is 0.885. The van der Waals surface area contributed by atoms with Gasteiger partial charge in [-0.1, -0.05) is 0 Å². The Kier molecular flexibility index (Phi) is 4.70. The van der Waals surface area contributed by atoms with Crippen molar-refractivity contribution in [3.8, 4) is 0 Å². The summed E-state index contributed by atoms with van der Waals surface area (Å²) in [6.07, 6.45) is 0. The number of rotatable bonds is 5. The van der Waals surface area contributed by atoms with Crippen molar-refractivity contribution in [1.82, 2.24) is 15.0 Å². The van der Waals surface area contributed by atoms with Gasteiger partial charge in [-0.2, -0.15) is 15.0 Å². The van der Waals surface area contributed by atoms with Gasteiger partial charge in [0.1, 0.15) is 0 Å². The van der Waals surface area contributed by atoms with E-state index in [1.165, 1.54) is 0 Å². The highest BCUT2D eigenvalue weighted by molar-refractivity contribution is 6.31. The summed E-state index contributed by atoms with van der Waals surface area (Å²) in [5.74, 6) is 0.345. The maximum atomic E-state index is 5.64. The average Bonchev–Trinajstić information content (AvgIpc) is 2.13. The number of hydrogen-bond donors (Lipinski definition) is 1. The molecule has 1 heterocycles. The molecule has 0 atom stereocenters. The molecule has 1 aromatic heterocycles. The van der Waals surface area contributed by atoms with Gasteiger partial charge in [-0.25, -0.2) is 0 Å². The van der Waals surface area contributed by atoms with E-state index in [4.69, 9.17) is 27.9 Å². The van der Waals surface area contributed by atoms with Crippen LogP contribution in [0.15, 0.2) is 0 Å². The molecule has 0 unspecified atom stereocenters. The Labute approximate surface area is 105 Å². The van der Waals surface area contributed by atoms with E-state index >= 15 is 0 Å². The summed E-state index contributed by atoms with van der Waals surface area (Å²) >= 11 is 11.3. The van der Waals surface area contributed by atoms with Crippen LogP contribution in [0.5, 0.6) is 0 Å². The SMILES string of the molecule is CCOC(C)(C)CNc1nc(Cl)nc(Cl)n1. The number of aromatic nitrogens is 3. The molecule has 0 saturated carbocycles. The maximum Gasteiger partial charge on any atom is 0.228 e. The first-order valence-corrected chi connectivity index (χ1v) is 5.63. The fourth-order valence-corrected chi connectivity index (χ4v) is 1.50. The Morgan fingerprint density at radius 1 is 1.19 bits per heavy atom. The van der Waals surface area contributed by atoms with Crippen LogP contribution in [-0.4, -0.2) is 33.7 Å². The summed E-state index contributed by atoms with van der Waals surface area (Å²) in [7, 11) is 0. The van der Waals surface area contributed by atoms with Crippen molar-refractivity contribution < 1.29 is 4.74 Å². The first kappa shape index (κ1) is 13.4. The van der Waals surface area contributed by atoms with E-state index in [0.717, 1.165) is 0 Å². The molecule has 0 aliphatic carbocycles. The number of nitrogens with one attached hydrogen (secondary N) is 1. The molecular weight excluding hydrogens is 251 g/mol. The highest BCUT2D eigenvalue weighted by Crippen LogP contribution is 2.13. The molecule has 0 radical (unpaired) electrons. The third-order valence-corrected chi connectivity index (χ3v) is 2.13. The molecule has 7 heteroatoms. The average molecular weight is 265 g/mol. The van der Waals surface area contributed by atoms with Crippen molar-refractivity contribution in [3.05, 3.63) is 10.6 Å². The predicted octanol–water partition coefficient (Wildman–Crippen LogP) is 2.41. The zero-order valence-corrected chi connectivity index (χ0v) is 10.9. The van der Waals surface area contributed by atoms with Gasteiger partial charge >= 0.3 is 0 Å². The van der Waals surface area contributed by atoms with Crippen LogP contribution in [-0.2, 0) is 4.74 Å². The summed E-state index contributed by atoms with van der Waals surface area (Å²) in [5, 5.41) is 3.13. The van der Waals surface area contributed by atoms with Crippen LogP contribution in [0.2, 0.25) is 10.6 Å². The third-order valence-electron chi connectivity index (χ3n) is 1.79. The number of halogens is 2. The van der Waals surface area contributed by atoms with Crippen molar-refractivity contribution in [2.24, 2.45) is 0 Å². The fraction of sp³-hybridized carbons (Fsp3) is 0.667. The number of ether oxygens (including phenoxy) is 1. The topological polar surface area (TPSA) is 59.9 Å². The van der Waals surface area contributed by atoms with Gasteiger partial charge < -0.3 is 10.1 Å². The number of hydrogen-bond acceptors (Lipinski definition) is 5. The van der Waals surface area contributed by atoms with Gasteiger partial charge in [0.05, 0.1) is 5.60 Å². The number of nitrogens with zero attached hydrogens (tertiary/aromatic N) is 3. The van der Waals surface area contributed by atoms with Crippen molar-refractivity contribution >= 4 is 29.2 Å². The minimum atomic E-state index is -0.305. The second-order valence-electron chi connectivity index (χ2n) is 3.74. The molecule has 0 fully saturated rings. The van der Waals surface area contributed by atoms with Crippen LogP contribution in [0.3, 0.4) is 0 Å². The van der Waals surface area contributed by atoms with Crippen LogP contribution in [0.25, 0.3) is 0 Å². The summed E-state index contributed by atoms with van der Waals surface area (Å²) in [5.41, 5.74) is -0.305. The Bertz CT molecular complexity index is 339. The molecule has 0 aromatic carbocycles. The molecule has 0 saturated heterocycles. The van der Waals surface area contributed by atoms with E-state index < -0.39 is 0 Å². The second kappa shape index (κ2) is 5.61. The van der Waals surface area contributed by atoms with Crippen LogP contribution in [0, 0.1) is 0 Å². The maximum absolute atomic E-state index is 5.64. The summed E-state index contributed by atoms with van der Waals surface area (Å²) in [6, 6.07) is 0. The molecule has 0 amide bonds. The van der Waals surface area contributed by atoms with Crippen molar-refractivity contribution in [2.45, 2.75) is 26.4 Å². The standard InChI is InChI=1S/C9H14Cl2N4O/c1-4-16-9(2,3)5-12-8-14-6(10)13-7(11)15-8/h4-5H2,1-3H3,(H,12,13,14,15). The zero-order chi connectivity index (χ0) is 12.2. The first-order valence-electron chi connectivity index (χ1n) is 4.88. The molecule has 1 N–H and O–H groups in total. The lowest BCUT2D eigenvalue weighted by Crippen LogP contribution is -2.33. The van der Waals surface area contributed by atoms with E-state index in [1.807, 2.05) is 20.8 Å². The molecule has 16 heavy (non-hydrogen) atoms. The van der Waals surface area contributed by atoms with Gasteiger partial charge in [0.2, 0.25) is 16.5 Å². The van der Waals surface area contributed by atoms with Gasteiger partial charge in [-0.05, 0) is 44.0 Å². The molecule has 0 spiro atoms. The van der Waals surface area contributed by atoms with Crippen molar-refractivity contribution in [2.75, 3.05) is 18.5 Å². The highest BCUT2D eigenvalue weighted by Gasteiger charge is 2.17. The molecule has 90 valence electrons. The van der Waals surface area contributed by atoms with Crippen molar-refractivity contribution in [3.63, 3.8) is 0 Å². The third kappa shape index (κ3) is 4.47. The molecular formula is C9H14Cl2N4O. The van der Waals surface area contributed by atoms with Gasteiger partial charge in [-0.3, -0.25) is 0 Å². The highest BCUT2D eigenvalue weighted by atomic mass is 35.5. The fourth-order valence-electron chi connectivity index (χ4n) is 1.14. The summed E-state index contributed by atoms with van der Waals surface area (Å²) in [6.45, 7) is 7.07. The summed E-state index contributed by atoms with van der Waals surface area (Å²) < 4.78 is 5.51. The molecule has 1 rings (SSSR count).